The van der Waals surface area contributed by atoms with Crippen molar-refractivity contribution in [3.05, 3.63) is 62.9 Å². The number of hydrogen-bond donors (Lipinski definition) is 1. The highest BCUT2D eigenvalue weighted by Gasteiger charge is 2.45. The molecule has 2 aromatic heterocycles. The van der Waals surface area contributed by atoms with E-state index in [2.05, 4.69) is 6.92 Å². The molecular weight excluding hydrogens is 428 g/mol. The number of fused-ring (bicyclic) bond motifs is 5. The van der Waals surface area contributed by atoms with Crippen LogP contribution < -0.4 is 5.56 Å². The largest absolute Gasteiger partial charge is 0.458 e. The smallest absolute Gasteiger partial charge is 0.343 e. The molecule has 0 amide bonds. The maximum Gasteiger partial charge on any atom is 0.343 e. The quantitative estimate of drug-likeness (QED) is 0.355. The second-order valence-corrected chi connectivity index (χ2v) is 9.11. The number of carbonyl (C=O) groups is 1. The van der Waals surface area contributed by atoms with Crippen molar-refractivity contribution in [1.82, 2.24) is 9.55 Å². The molecule has 0 spiro atoms. The number of benzene rings is 1. The van der Waals surface area contributed by atoms with Gasteiger partial charge < -0.3 is 14.4 Å². The zero-order valence-corrected chi connectivity index (χ0v) is 18.9. The molecule has 2 atom stereocenters. The Kier molecular flexibility index (Phi) is 5.10. The minimum Gasteiger partial charge on any atom is -0.458 e. The van der Waals surface area contributed by atoms with Crippen LogP contribution in [0.2, 0.25) is 0 Å². The Morgan fingerprint density at radius 2 is 2.03 bits per heavy atom. The van der Waals surface area contributed by atoms with Crippen LogP contribution in [0.3, 0.4) is 0 Å². The first-order chi connectivity index (χ1) is 15.4. The lowest BCUT2D eigenvalue weighted by Gasteiger charge is -2.31. The summed E-state index contributed by atoms with van der Waals surface area (Å²) in [5.41, 5.74) is 2.62. The van der Waals surface area contributed by atoms with E-state index in [-0.39, 0.29) is 24.0 Å². The van der Waals surface area contributed by atoms with Gasteiger partial charge in [-0.2, -0.15) is 0 Å². The average Bonchev–Trinajstić information content (AvgIpc) is 3.17. The fourth-order valence-electron chi connectivity index (χ4n) is 4.95. The Labute approximate surface area is 190 Å². The monoisotopic (exact) mass is 452 g/mol. The van der Waals surface area contributed by atoms with Gasteiger partial charge in [-0.15, -0.1) is 11.6 Å². The Hall–Kier alpha value is -2.70. The van der Waals surface area contributed by atoms with E-state index >= 15 is 0 Å². The number of pyridine rings is 2. The number of hydrogen-bond acceptors (Lipinski definition) is 5. The molecule has 0 radical (unpaired) electrons. The molecular formula is C25H25ClN2O4. The van der Waals surface area contributed by atoms with Gasteiger partial charge >= 0.3 is 5.97 Å². The summed E-state index contributed by atoms with van der Waals surface area (Å²) in [4.78, 5) is 30.7. The minimum absolute atomic E-state index is 0.117. The van der Waals surface area contributed by atoms with E-state index in [0.29, 0.717) is 29.1 Å². The van der Waals surface area contributed by atoms with Gasteiger partial charge in [-0.05, 0) is 30.5 Å². The van der Waals surface area contributed by atoms with Gasteiger partial charge in [0.2, 0.25) is 0 Å². The molecule has 4 heterocycles. The number of aliphatic hydroxyl groups is 1. The van der Waals surface area contributed by atoms with Crippen LogP contribution in [0.15, 0.2) is 35.1 Å². The maximum atomic E-state index is 13.4. The molecule has 1 N–H and O–H groups in total. The number of ether oxygens (including phenoxy) is 1. The summed E-state index contributed by atoms with van der Waals surface area (Å²) >= 11 is 6.92. The lowest BCUT2D eigenvalue weighted by atomic mass is 9.86. The molecule has 1 unspecified atom stereocenters. The first kappa shape index (κ1) is 21.2. The molecule has 2 aliphatic rings. The summed E-state index contributed by atoms with van der Waals surface area (Å²) in [6, 6.07) is 9.62. The van der Waals surface area contributed by atoms with E-state index in [1.54, 1.807) is 17.6 Å². The average molecular weight is 453 g/mol. The Balaban J connectivity index is 1.78. The summed E-state index contributed by atoms with van der Waals surface area (Å²) in [5, 5.41) is 11.8. The summed E-state index contributed by atoms with van der Waals surface area (Å²) in [6.45, 7) is 4.06. The van der Waals surface area contributed by atoms with Crippen LogP contribution in [-0.4, -0.2) is 20.6 Å². The third-order valence-corrected chi connectivity index (χ3v) is 7.20. The van der Waals surface area contributed by atoms with E-state index in [4.69, 9.17) is 21.3 Å². The second-order valence-electron chi connectivity index (χ2n) is 8.58. The molecule has 0 saturated carbocycles. The van der Waals surface area contributed by atoms with Gasteiger partial charge in [0, 0.05) is 16.5 Å². The van der Waals surface area contributed by atoms with Gasteiger partial charge in [0.05, 0.1) is 34.4 Å². The summed E-state index contributed by atoms with van der Waals surface area (Å²) in [5.74, 6) is -0.720. The van der Waals surface area contributed by atoms with Crippen LogP contribution in [-0.2, 0) is 28.3 Å². The molecule has 0 aliphatic carbocycles. The summed E-state index contributed by atoms with van der Waals surface area (Å²) in [6.07, 6.45) is 3.00. The lowest BCUT2D eigenvalue weighted by molar-refractivity contribution is -0.172. The number of aromatic nitrogens is 2. The normalized spacial score (nSPS) is 19.9. The van der Waals surface area contributed by atoms with Crippen molar-refractivity contribution < 1.29 is 14.6 Å². The molecule has 32 heavy (non-hydrogen) atoms. The van der Waals surface area contributed by atoms with E-state index in [9.17, 15) is 14.7 Å². The van der Waals surface area contributed by atoms with Crippen molar-refractivity contribution in [2.24, 2.45) is 0 Å². The fourth-order valence-corrected chi connectivity index (χ4v) is 5.35. The highest BCUT2D eigenvalue weighted by Crippen LogP contribution is 2.43. The van der Waals surface area contributed by atoms with Crippen molar-refractivity contribution in [3.63, 3.8) is 0 Å². The first-order valence-electron chi connectivity index (χ1n) is 11.1. The van der Waals surface area contributed by atoms with Gasteiger partial charge in [-0.1, -0.05) is 44.9 Å². The molecule has 3 aromatic rings. The van der Waals surface area contributed by atoms with Crippen molar-refractivity contribution in [2.45, 2.75) is 63.7 Å². The van der Waals surface area contributed by atoms with Gasteiger partial charge in [0.15, 0.2) is 5.60 Å². The number of alkyl halides is 1. The van der Waals surface area contributed by atoms with Gasteiger partial charge in [0.1, 0.15) is 6.61 Å². The number of halogens is 1. The molecule has 166 valence electrons. The predicted molar refractivity (Wildman–Crippen MR) is 123 cm³/mol. The van der Waals surface area contributed by atoms with E-state index < -0.39 is 11.6 Å². The zero-order valence-electron chi connectivity index (χ0n) is 18.2. The predicted octanol–water partition coefficient (Wildman–Crippen LogP) is 4.55. The number of cyclic esters (lactones) is 1. The Morgan fingerprint density at radius 3 is 2.78 bits per heavy atom. The maximum absolute atomic E-state index is 13.4. The number of esters is 1. The topological polar surface area (TPSA) is 81.4 Å². The third kappa shape index (κ3) is 2.93. The third-order valence-electron chi connectivity index (χ3n) is 6.76. The van der Waals surface area contributed by atoms with E-state index in [1.807, 2.05) is 24.3 Å². The number of rotatable bonds is 5. The first-order valence-corrected chi connectivity index (χ1v) is 11.6. The number of unbranched alkanes of at least 4 members (excludes halogenated alkanes) is 1. The highest BCUT2D eigenvalue weighted by atomic mass is 35.5. The van der Waals surface area contributed by atoms with Crippen LogP contribution in [0.1, 0.15) is 67.2 Å². The van der Waals surface area contributed by atoms with Gasteiger partial charge in [0.25, 0.3) is 5.56 Å². The molecule has 6 nitrogen and oxygen atoms in total. The SMILES string of the molecule is CCCCC(Cl)c1c2c(nc3ccccc13)-c1cc3c(c(=O)n1C2)COC(=O)[C@]3(O)CC. The summed E-state index contributed by atoms with van der Waals surface area (Å²) in [7, 11) is 0. The van der Waals surface area contributed by atoms with Gasteiger partial charge in [-0.25, -0.2) is 9.78 Å². The number of para-hydroxylation sites is 1. The van der Waals surface area contributed by atoms with Crippen LogP contribution in [0.5, 0.6) is 0 Å². The van der Waals surface area contributed by atoms with Gasteiger partial charge in [-0.3, -0.25) is 4.79 Å². The van der Waals surface area contributed by atoms with Crippen molar-refractivity contribution in [3.8, 4) is 11.4 Å². The molecule has 7 heteroatoms. The van der Waals surface area contributed by atoms with Crippen molar-refractivity contribution in [2.75, 3.05) is 0 Å². The standard InChI is InChI=1S/C25H25ClN2O4/c1-3-5-9-18(26)21-14-8-6-7-10-19(14)27-22-15(21)12-28-20(22)11-17-16(23(28)29)13-32-24(30)25(17,31)4-2/h6-8,10-11,18,31H,3-5,9,12-13H2,1-2H3/t18?,25-/m0/s1. The molecule has 0 saturated heterocycles. The molecule has 1 aromatic carbocycles. The molecule has 2 aliphatic heterocycles. The zero-order chi connectivity index (χ0) is 22.6. The fraction of sp³-hybridized carbons (Fsp3) is 0.400. The van der Waals surface area contributed by atoms with E-state index in [0.717, 1.165) is 41.3 Å². The molecule has 0 fully saturated rings. The Morgan fingerprint density at radius 1 is 1.25 bits per heavy atom. The molecule has 5 rings (SSSR count). The molecule has 0 bridgehead atoms. The number of nitrogens with zero attached hydrogens (tertiary/aromatic N) is 2. The van der Waals surface area contributed by atoms with Crippen LogP contribution in [0, 0.1) is 0 Å². The van der Waals surface area contributed by atoms with E-state index in [1.165, 1.54) is 0 Å². The minimum atomic E-state index is -1.83. The summed E-state index contributed by atoms with van der Waals surface area (Å²) < 4.78 is 6.82. The lowest BCUT2D eigenvalue weighted by Crippen LogP contribution is -2.44. The van der Waals surface area contributed by atoms with Crippen molar-refractivity contribution in [1.29, 1.82) is 0 Å². The highest BCUT2D eigenvalue weighted by molar-refractivity contribution is 6.22. The number of carbonyl (C=O) groups excluding carboxylic acids is 1. The van der Waals surface area contributed by atoms with Crippen molar-refractivity contribution >= 4 is 28.5 Å². The van der Waals surface area contributed by atoms with Crippen LogP contribution >= 0.6 is 11.6 Å². The van der Waals surface area contributed by atoms with Crippen LogP contribution in [0.4, 0.5) is 0 Å². The second kappa shape index (κ2) is 7.71. The Bertz CT molecular complexity index is 1320. The van der Waals surface area contributed by atoms with Crippen LogP contribution in [0.25, 0.3) is 22.3 Å².